The van der Waals surface area contributed by atoms with Crippen LogP contribution in [0.2, 0.25) is 0 Å². The molecule has 0 radical (unpaired) electrons. The van der Waals surface area contributed by atoms with Crippen molar-refractivity contribution in [2.24, 2.45) is 0 Å². The lowest BCUT2D eigenvalue weighted by Crippen LogP contribution is -2.23. The Bertz CT molecular complexity index is 574. The van der Waals surface area contributed by atoms with E-state index in [1.165, 1.54) is 6.20 Å². The zero-order chi connectivity index (χ0) is 13.8. The molecule has 19 heavy (non-hydrogen) atoms. The van der Waals surface area contributed by atoms with Crippen molar-refractivity contribution in [1.82, 2.24) is 9.97 Å². The zero-order valence-electron chi connectivity index (χ0n) is 10.7. The van der Waals surface area contributed by atoms with Gasteiger partial charge in [0, 0.05) is 19.4 Å². The second-order valence-corrected chi connectivity index (χ2v) is 4.16. The van der Waals surface area contributed by atoms with Gasteiger partial charge in [0.05, 0.1) is 16.7 Å². The maximum absolute atomic E-state index is 11.0. The Morgan fingerprint density at radius 1 is 1.32 bits per heavy atom. The Labute approximate surface area is 110 Å². The van der Waals surface area contributed by atoms with Crippen LogP contribution in [0.3, 0.4) is 0 Å². The van der Waals surface area contributed by atoms with Gasteiger partial charge in [0.15, 0.2) is 0 Å². The van der Waals surface area contributed by atoms with E-state index in [4.69, 9.17) is 0 Å². The van der Waals surface area contributed by atoms with Crippen molar-refractivity contribution in [2.75, 3.05) is 11.9 Å². The third kappa shape index (κ3) is 2.67. The maximum Gasteiger partial charge on any atom is 0.310 e. The van der Waals surface area contributed by atoms with Crippen molar-refractivity contribution >= 4 is 11.4 Å². The maximum atomic E-state index is 11.0. The normalized spacial score (nSPS) is 11.9. The highest BCUT2D eigenvalue weighted by atomic mass is 16.6. The van der Waals surface area contributed by atoms with Gasteiger partial charge in [0.2, 0.25) is 0 Å². The van der Waals surface area contributed by atoms with Crippen molar-refractivity contribution in [2.45, 2.75) is 13.0 Å². The predicted octanol–water partition coefficient (Wildman–Crippen LogP) is 2.58. The lowest BCUT2D eigenvalue weighted by molar-refractivity contribution is -0.384. The minimum Gasteiger partial charge on any atom is -0.361 e. The fourth-order valence-corrected chi connectivity index (χ4v) is 1.85. The summed E-state index contributed by atoms with van der Waals surface area (Å²) in [7, 11) is 1.81. The highest BCUT2D eigenvalue weighted by Crippen LogP contribution is 2.31. The third-order valence-electron chi connectivity index (χ3n) is 3.05. The SMILES string of the molecule is CC(c1ccccn1)N(C)c1ccncc1[N+](=O)[O-]. The van der Waals surface area contributed by atoms with Crippen LogP contribution < -0.4 is 4.90 Å². The second-order valence-electron chi connectivity index (χ2n) is 4.16. The molecule has 0 aliphatic heterocycles. The van der Waals surface area contributed by atoms with E-state index in [1.54, 1.807) is 18.5 Å². The summed E-state index contributed by atoms with van der Waals surface area (Å²) in [6.45, 7) is 1.95. The van der Waals surface area contributed by atoms with E-state index in [-0.39, 0.29) is 11.7 Å². The van der Waals surface area contributed by atoms with Crippen LogP contribution in [-0.4, -0.2) is 21.9 Å². The predicted molar refractivity (Wildman–Crippen MR) is 71.9 cm³/mol. The molecule has 0 spiro atoms. The van der Waals surface area contributed by atoms with Gasteiger partial charge in [-0.2, -0.15) is 0 Å². The topological polar surface area (TPSA) is 72.2 Å². The largest absolute Gasteiger partial charge is 0.361 e. The first-order valence-corrected chi connectivity index (χ1v) is 5.83. The first kappa shape index (κ1) is 12.9. The average molecular weight is 258 g/mol. The van der Waals surface area contributed by atoms with Crippen LogP contribution >= 0.6 is 0 Å². The molecule has 2 aromatic rings. The molecule has 0 bridgehead atoms. The molecule has 1 unspecified atom stereocenters. The van der Waals surface area contributed by atoms with Gasteiger partial charge in [-0.3, -0.25) is 20.1 Å². The summed E-state index contributed by atoms with van der Waals surface area (Å²) in [5, 5.41) is 11.0. The Hall–Kier alpha value is -2.50. The monoisotopic (exact) mass is 258 g/mol. The zero-order valence-corrected chi connectivity index (χ0v) is 10.7. The number of pyridine rings is 2. The van der Waals surface area contributed by atoms with Gasteiger partial charge < -0.3 is 4.90 Å². The van der Waals surface area contributed by atoms with Gasteiger partial charge in [-0.25, -0.2) is 0 Å². The molecule has 0 aliphatic rings. The summed E-state index contributed by atoms with van der Waals surface area (Å²) in [5.41, 5.74) is 1.38. The molecule has 2 rings (SSSR count). The molecule has 2 aromatic heterocycles. The van der Waals surface area contributed by atoms with Crippen LogP contribution in [-0.2, 0) is 0 Å². The van der Waals surface area contributed by atoms with Gasteiger partial charge >= 0.3 is 5.69 Å². The quantitative estimate of drug-likeness (QED) is 0.622. The Morgan fingerprint density at radius 2 is 2.11 bits per heavy atom. The van der Waals surface area contributed by atoms with Gasteiger partial charge in [-0.1, -0.05) is 6.07 Å². The number of hydrogen-bond acceptors (Lipinski definition) is 5. The Morgan fingerprint density at radius 3 is 2.74 bits per heavy atom. The molecule has 0 saturated carbocycles. The first-order valence-electron chi connectivity index (χ1n) is 5.83. The summed E-state index contributed by atoms with van der Waals surface area (Å²) in [5.74, 6) is 0. The summed E-state index contributed by atoms with van der Waals surface area (Å²) in [6, 6.07) is 7.20. The molecule has 0 N–H and O–H groups in total. The molecule has 1 atom stereocenters. The standard InChI is InChI=1S/C13H14N4O2/c1-10(11-5-3-4-7-15-11)16(2)12-6-8-14-9-13(12)17(18)19/h3-10H,1-2H3. The van der Waals surface area contributed by atoms with Crippen LogP contribution in [0, 0.1) is 10.1 Å². The molecule has 0 aliphatic carbocycles. The number of aromatic nitrogens is 2. The van der Waals surface area contributed by atoms with Crippen molar-refractivity contribution in [3.63, 3.8) is 0 Å². The van der Waals surface area contributed by atoms with Crippen molar-refractivity contribution < 1.29 is 4.92 Å². The molecular formula is C13H14N4O2. The number of hydrogen-bond donors (Lipinski definition) is 0. The van der Waals surface area contributed by atoms with E-state index in [0.29, 0.717) is 5.69 Å². The fraction of sp³-hybridized carbons (Fsp3) is 0.231. The summed E-state index contributed by atoms with van der Waals surface area (Å²) >= 11 is 0. The summed E-state index contributed by atoms with van der Waals surface area (Å²) in [6.07, 6.45) is 4.52. The fourth-order valence-electron chi connectivity index (χ4n) is 1.85. The van der Waals surface area contributed by atoms with E-state index in [9.17, 15) is 10.1 Å². The van der Waals surface area contributed by atoms with Crippen LogP contribution in [0.5, 0.6) is 0 Å². The minimum absolute atomic E-state index is 0.00668. The van der Waals surface area contributed by atoms with Gasteiger partial charge in [0.25, 0.3) is 0 Å². The van der Waals surface area contributed by atoms with Crippen LogP contribution in [0.4, 0.5) is 11.4 Å². The average Bonchev–Trinajstić information content (AvgIpc) is 2.46. The molecule has 6 nitrogen and oxygen atoms in total. The van der Waals surface area contributed by atoms with E-state index in [0.717, 1.165) is 5.69 Å². The lowest BCUT2D eigenvalue weighted by atomic mass is 10.1. The minimum atomic E-state index is -0.427. The molecule has 2 heterocycles. The van der Waals surface area contributed by atoms with Crippen LogP contribution in [0.15, 0.2) is 42.9 Å². The molecule has 0 fully saturated rings. The summed E-state index contributed by atoms with van der Waals surface area (Å²) in [4.78, 5) is 20.5. The van der Waals surface area contributed by atoms with Crippen LogP contribution in [0.1, 0.15) is 18.7 Å². The number of nitro groups is 1. The van der Waals surface area contributed by atoms with Gasteiger partial charge in [-0.05, 0) is 25.1 Å². The van der Waals surface area contributed by atoms with E-state index in [2.05, 4.69) is 9.97 Å². The third-order valence-corrected chi connectivity index (χ3v) is 3.05. The van der Waals surface area contributed by atoms with E-state index < -0.39 is 4.92 Å². The van der Waals surface area contributed by atoms with Crippen molar-refractivity contribution in [3.8, 4) is 0 Å². The second kappa shape index (κ2) is 5.43. The smallest absolute Gasteiger partial charge is 0.310 e. The lowest BCUT2D eigenvalue weighted by Gasteiger charge is -2.25. The van der Waals surface area contributed by atoms with E-state index in [1.807, 2.05) is 37.1 Å². The van der Waals surface area contributed by atoms with Crippen molar-refractivity contribution in [1.29, 1.82) is 0 Å². The van der Waals surface area contributed by atoms with Crippen molar-refractivity contribution in [3.05, 3.63) is 58.7 Å². The Kier molecular flexibility index (Phi) is 3.70. The highest BCUT2D eigenvalue weighted by Gasteiger charge is 2.21. The Balaban J connectivity index is 2.34. The highest BCUT2D eigenvalue weighted by molar-refractivity contribution is 5.62. The number of nitrogens with zero attached hydrogens (tertiary/aromatic N) is 4. The van der Waals surface area contributed by atoms with Gasteiger partial charge in [-0.15, -0.1) is 0 Å². The number of anilines is 1. The van der Waals surface area contributed by atoms with Gasteiger partial charge in [0.1, 0.15) is 11.9 Å². The molecule has 98 valence electrons. The molecule has 0 saturated heterocycles. The van der Waals surface area contributed by atoms with E-state index >= 15 is 0 Å². The molecule has 6 heteroatoms. The first-order chi connectivity index (χ1) is 9.11. The molecule has 0 aromatic carbocycles. The molecule has 0 amide bonds. The number of rotatable bonds is 4. The summed E-state index contributed by atoms with van der Waals surface area (Å²) < 4.78 is 0. The van der Waals surface area contributed by atoms with Crippen LogP contribution in [0.25, 0.3) is 0 Å². The molecular weight excluding hydrogens is 244 g/mol.